The molecule has 1 fully saturated rings. The quantitative estimate of drug-likeness (QED) is 0.930. The van der Waals surface area contributed by atoms with Crippen molar-refractivity contribution >= 4 is 17.2 Å². The average molecular weight is 316 g/mol. The van der Waals surface area contributed by atoms with E-state index in [1.165, 1.54) is 4.88 Å². The van der Waals surface area contributed by atoms with Gasteiger partial charge >= 0.3 is 0 Å². The molecule has 0 bridgehead atoms. The monoisotopic (exact) mass is 316 g/mol. The van der Waals surface area contributed by atoms with Gasteiger partial charge in [-0.1, -0.05) is 6.07 Å². The summed E-state index contributed by atoms with van der Waals surface area (Å²) in [6, 6.07) is 7.80. The first kappa shape index (κ1) is 15.1. The molecule has 1 saturated heterocycles. The Labute approximate surface area is 134 Å². The fourth-order valence-corrected chi connectivity index (χ4v) is 3.38. The van der Waals surface area contributed by atoms with Crippen molar-refractivity contribution in [3.63, 3.8) is 0 Å². The number of carbonyl (C=O) groups excluding carboxylic acids is 1. The topological polar surface area (TPSA) is 62.5 Å². The van der Waals surface area contributed by atoms with E-state index in [0.29, 0.717) is 12.1 Å². The summed E-state index contributed by atoms with van der Waals surface area (Å²) < 4.78 is 0. The number of amides is 1. The SMILES string of the molecule is NCc1cc(C(=O)N2CCN(Cc3cccs3)CC2)ccn1. The minimum Gasteiger partial charge on any atom is -0.336 e. The molecule has 2 aromatic heterocycles. The van der Waals surface area contributed by atoms with Crippen LogP contribution in [0.2, 0.25) is 0 Å². The van der Waals surface area contributed by atoms with Crippen LogP contribution < -0.4 is 5.73 Å². The van der Waals surface area contributed by atoms with Crippen LogP contribution in [0.25, 0.3) is 0 Å². The van der Waals surface area contributed by atoms with Gasteiger partial charge in [0.1, 0.15) is 0 Å². The molecular formula is C16H20N4OS. The zero-order chi connectivity index (χ0) is 15.4. The van der Waals surface area contributed by atoms with E-state index in [9.17, 15) is 4.79 Å². The van der Waals surface area contributed by atoms with Crippen LogP contribution in [-0.4, -0.2) is 46.9 Å². The third kappa shape index (κ3) is 3.52. The molecule has 1 amide bonds. The number of nitrogens with two attached hydrogens (primary N) is 1. The van der Waals surface area contributed by atoms with Gasteiger partial charge in [-0.15, -0.1) is 11.3 Å². The standard InChI is InChI=1S/C16H20N4OS/c17-11-14-10-13(3-4-18-14)16(21)20-7-5-19(6-8-20)12-15-2-1-9-22-15/h1-4,9-10H,5-8,11-12,17H2. The number of piperazine rings is 1. The Morgan fingerprint density at radius 3 is 2.77 bits per heavy atom. The van der Waals surface area contributed by atoms with E-state index in [0.717, 1.165) is 38.4 Å². The largest absolute Gasteiger partial charge is 0.336 e. The lowest BCUT2D eigenvalue weighted by Crippen LogP contribution is -2.48. The third-order valence-electron chi connectivity index (χ3n) is 3.89. The van der Waals surface area contributed by atoms with Gasteiger partial charge in [-0.3, -0.25) is 14.7 Å². The number of pyridine rings is 1. The first-order valence-electron chi connectivity index (χ1n) is 7.45. The molecule has 2 N–H and O–H groups in total. The predicted molar refractivity (Wildman–Crippen MR) is 87.6 cm³/mol. The average Bonchev–Trinajstić information content (AvgIpc) is 3.08. The number of aromatic nitrogens is 1. The Kier molecular flexibility index (Phi) is 4.82. The molecule has 0 spiro atoms. The molecule has 116 valence electrons. The molecule has 2 aromatic rings. The molecule has 0 unspecified atom stereocenters. The van der Waals surface area contributed by atoms with Crippen LogP contribution in [0.1, 0.15) is 20.9 Å². The summed E-state index contributed by atoms with van der Waals surface area (Å²) in [5.41, 5.74) is 7.02. The van der Waals surface area contributed by atoms with Crippen molar-refractivity contribution in [1.29, 1.82) is 0 Å². The third-order valence-corrected chi connectivity index (χ3v) is 4.75. The Hall–Kier alpha value is -1.76. The molecule has 3 heterocycles. The van der Waals surface area contributed by atoms with Gasteiger partial charge in [0, 0.05) is 55.9 Å². The van der Waals surface area contributed by atoms with E-state index in [1.807, 2.05) is 4.90 Å². The van der Waals surface area contributed by atoms with E-state index in [-0.39, 0.29) is 5.91 Å². The number of rotatable bonds is 4. The number of hydrogen-bond acceptors (Lipinski definition) is 5. The number of hydrogen-bond donors (Lipinski definition) is 1. The molecule has 0 aliphatic carbocycles. The second kappa shape index (κ2) is 7.00. The maximum atomic E-state index is 12.5. The molecule has 22 heavy (non-hydrogen) atoms. The lowest BCUT2D eigenvalue weighted by Gasteiger charge is -2.34. The maximum absolute atomic E-state index is 12.5. The molecule has 3 rings (SSSR count). The van der Waals surface area contributed by atoms with Gasteiger partial charge < -0.3 is 10.6 Å². The van der Waals surface area contributed by atoms with Crippen LogP contribution in [0.4, 0.5) is 0 Å². The summed E-state index contributed by atoms with van der Waals surface area (Å²) in [6.07, 6.45) is 1.66. The highest BCUT2D eigenvalue weighted by Crippen LogP contribution is 2.15. The summed E-state index contributed by atoms with van der Waals surface area (Å²) in [4.78, 5) is 22.4. The van der Waals surface area contributed by atoms with Crippen LogP contribution in [-0.2, 0) is 13.1 Å². The molecule has 0 saturated carbocycles. The summed E-state index contributed by atoms with van der Waals surface area (Å²) >= 11 is 1.78. The van der Waals surface area contributed by atoms with Crippen molar-refractivity contribution in [3.8, 4) is 0 Å². The van der Waals surface area contributed by atoms with E-state index in [4.69, 9.17) is 5.73 Å². The van der Waals surface area contributed by atoms with Gasteiger partial charge in [0.2, 0.25) is 0 Å². The summed E-state index contributed by atoms with van der Waals surface area (Å²) in [5, 5.41) is 2.10. The summed E-state index contributed by atoms with van der Waals surface area (Å²) in [5.74, 6) is 0.0767. The van der Waals surface area contributed by atoms with Gasteiger partial charge in [0.25, 0.3) is 5.91 Å². The van der Waals surface area contributed by atoms with Crippen molar-refractivity contribution in [1.82, 2.24) is 14.8 Å². The second-order valence-electron chi connectivity index (χ2n) is 5.39. The first-order valence-corrected chi connectivity index (χ1v) is 8.33. The van der Waals surface area contributed by atoms with Gasteiger partial charge in [0.05, 0.1) is 5.69 Å². The Morgan fingerprint density at radius 2 is 2.09 bits per heavy atom. The Morgan fingerprint density at radius 1 is 1.27 bits per heavy atom. The van der Waals surface area contributed by atoms with Gasteiger partial charge in [-0.25, -0.2) is 0 Å². The highest BCUT2D eigenvalue weighted by molar-refractivity contribution is 7.09. The lowest BCUT2D eigenvalue weighted by molar-refractivity contribution is 0.0629. The van der Waals surface area contributed by atoms with Crippen molar-refractivity contribution in [3.05, 3.63) is 52.0 Å². The highest BCUT2D eigenvalue weighted by atomic mass is 32.1. The lowest BCUT2D eigenvalue weighted by atomic mass is 10.2. The normalized spacial score (nSPS) is 16.0. The number of thiophene rings is 1. The molecule has 1 aliphatic rings. The van der Waals surface area contributed by atoms with Crippen LogP contribution >= 0.6 is 11.3 Å². The van der Waals surface area contributed by atoms with E-state index in [1.54, 1.807) is 29.7 Å². The smallest absolute Gasteiger partial charge is 0.254 e. The molecular weight excluding hydrogens is 296 g/mol. The fourth-order valence-electron chi connectivity index (χ4n) is 2.64. The molecule has 6 heteroatoms. The van der Waals surface area contributed by atoms with Crippen molar-refractivity contribution in [2.75, 3.05) is 26.2 Å². The van der Waals surface area contributed by atoms with Crippen molar-refractivity contribution in [2.24, 2.45) is 5.73 Å². The van der Waals surface area contributed by atoms with Gasteiger partial charge in [-0.05, 0) is 23.6 Å². The molecule has 5 nitrogen and oxygen atoms in total. The van der Waals surface area contributed by atoms with Crippen molar-refractivity contribution in [2.45, 2.75) is 13.1 Å². The van der Waals surface area contributed by atoms with E-state index >= 15 is 0 Å². The number of carbonyl (C=O) groups is 1. The summed E-state index contributed by atoms with van der Waals surface area (Å²) in [6.45, 7) is 4.70. The second-order valence-corrected chi connectivity index (χ2v) is 6.42. The van der Waals surface area contributed by atoms with Gasteiger partial charge in [-0.2, -0.15) is 0 Å². The van der Waals surface area contributed by atoms with Crippen molar-refractivity contribution < 1.29 is 4.79 Å². The number of nitrogens with zero attached hydrogens (tertiary/aromatic N) is 3. The van der Waals surface area contributed by atoms with Crippen LogP contribution in [0.5, 0.6) is 0 Å². The van der Waals surface area contributed by atoms with Crippen LogP contribution in [0.15, 0.2) is 35.8 Å². The van der Waals surface area contributed by atoms with E-state index < -0.39 is 0 Å². The van der Waals surface area contributed by atoms with Gasteiger partial charge in [0.15, 0.2) is 0 Å². The highest BCUT2D eigenvalue weighted by Gasteiger charge is 2.22. The minimum atomic E-state index is 0.0767. The Bertz CT molecular complexity index is 621. The Balaban J connectivity index is 1.57. The zero-order valence-corrected chi connectivity index (χ0v) is 13.3. The fraction of sp³-hybridized carbons (Fsp3) is 0.375. The molecule has 0 atom stereocenters. The molecule has 0 radical (unpaired) electrons. The van der Waals surface area contributed by atoms with Crippen LogP contribution in [0.3, 0.4) is 0 Å². The zero-order valence-electron chi connectivity index (χ0n) is 12.4. The first-order chi connectivity index (χ1) is 10.8. The molecule has 1 aliphatic heterocycles. The minimum absolute atomic E-state index is 0.0767. The van der Waals surface area contributed by atoms with E-state index in [2.05, 4.69) is 27.4 Å². The summed E-state index contributed by atoms with van der Waals surface area (Å²) in [7, 11) is 0. The van der Waals surface area contributed by atoms with Crippen LogP contribution in [0, 0.1) is 0 Å². The maximum Gasteiger partial charge on any atom is 0.254 e. The predicted octanol–water partition coefficient (Wildman–Crippen LogP) is 1.56. The molecule has 0 aromatic carbocycles.